The average molecular weight is 381 g/mol. The first-order valence-corrected chi connectivity index (χ1v) is 9.71. The van der Waals surface area contributed by atoms with E-state index in [1.54, 1.807) is 35.9 Å². The van der Waals surface area contributed by atoms with Gasteiger partial charge in [0.1, 0.15) is 5.69 Å². The Morgan fingerprint density at radius 3 is 2.74 bits per heavy atom. The number of nitrogens with one attached hydrogen (secondary N) is 1. The molecule has 138 valence electrons. The number of anilines is 1. The number of amides is 2. The zero-order valence-corrected chi connectivity index (χ0v) is 15.7. The molecule has 1 fully saturated rings. The van der Waals surface area contributed by atoms with E-state index >= 15 is 0 Å². The molecule has 3 heterocycles. The summed E-state index contributed by atoms with van der Waals surface area (Å²) in [4.78, 5) is 31.5. The first kappa shape index (κ1) is 17.5. The van der Waals surface area contributed by atoms with Crippen LogP contribution >= 0.6 is 11.3 Å². The molecule has 0 bridgehead atoms. The molecule has 7 heteroatoms. The highest BCUT2D eigenvalue weighted by Crippen LogP contribution is 2.26. The Hall–Kier alpha value is -2.93. The van der Waals surface area contributed by atoms with Gasteiger partial charge in [0.25, 0.3) is 11.8 Å². The minimum absolute atomic E-state index is 0.0230. The van der Waals surface area contributed by atoms with Gasteiger partial charge < -0.3 is 14.6 Å². The Kier molecular flexibility index (Phi) is 4.77. The second kappa shape index (κ2) is 7.36. The van der Waals surface area contributed by atoms with Crippen molar-refractivity contribution in [3.8, 4) is 10.8 Å². The van der Waals surface area contributed by atoms with Crippen molar-refractivity contribution in [2.24, 2.45) is 0 Å². The highest BCUT2D eigenvalue weighted by atomic mass is 32.1. The third kappa shape index (κ3) is 3.50. The van der Waals surface area contributed by atoms with Crippen LogP contribution in [0, 0.1) is 6.92 Å². The second-order valence-electron chi connectivity index (χ2n) is 6.45. The number of rotatable bonds is 4. The molecule has 0 aliphatic carbocycles. The summed E-state index contributed by atoms with van der Waals surface area (Å²) in [6.45, 7) is 3.45. The summed E-state index contributed by atoms with van der Waals surface area (Å²) < 4.78 is 5.31. The maximum Gasteiger partial charge on any atom is 0.275 e. The second-order valence-corrected chi connectivity index (χ2v) is 7.30. The van der Waals surface area contributed by atoms with E-state index < -0.39 is 0 Å². The third-order valence-corrected chi connectivity index (χ3v) is 5.53. The van der Waals surface area contributed by atoms with Crippen molar-refractivity contribution >= 4 is 28.8 Å². The summed E-state index contributed by atoms with van der Waals surface area (Å²) in [5, 5.41) is 5.22. The van der Waals surface area contributed by atoms with Gasteiger partial charge in [-0.05, 0) is 49.6 Å². The molecule has 0 atom stereocenters. The average Bonchev–Trinajstić information content (AvgIpc) is 3.43. The molecule has 6 nitrogen and oxygen atoms in total. The fraction of sp³-hybridized carbons (Fsp3) is 0.250. The summed E-state index contributed by atoms with van der Waals surface area (Å²) in [6.07, 6.45) is 3.66. The van der Waals surface area contributed by atoms with Crippen molar-refractivity contribution in [2.45, 2.75) is 19.8 Å². The third-order valence-electron chi connectivity index (χ3n) is 4.67. The van der Waals surface area contributed by atoms with Crippen LogP contribution in [0.25, 0.3) is 10.8 Å². The fourth-order valence-corrected chi connectivity index (χ4v) is 3.94. The smallest absolute Gasteiger partial charge is 0.275 e. The summed E-state index contributed by atoms with van der Waals surface area (Å²) in [6, 6.07) is 8.99. The van der Waals surface area contributed by atoms with Crippen molar-refractivity contribution in [3.63, 3.8) is 0 Å². The normalized spacial score (nSPS) is 13.7. The largest absolute Gasteiger partial charge is 0.462 e. The van der Waals surface area contributed by atoms with E-state index in [0.717, 1.165) is 31.5 Å². The maximum absolute atomic E-state index is 12.7. The molecule has 3 aromatic rings. The van der Waals surface area contributed by atoms with Crippen LogP contribution in [0.5, 0.6) is 0 Å². The number of benzene rings is 1. The standard InChI is InChI=1S/C20H19N3O3S/c1-13-14(20(25)23-9-2-3-10-23)6-4-7-15(13)21-18(24)16-12-27-19(22-16)17-8-5-11-26-17/h4-8,11-12H,2-3,9-10H2,1H3,(H,21,24). The van der Waals surface area contributed by atoms with Gasteiger partial charge in [-0.25, -0.2) is 4.98 Å². The van der Waals surface area contributed by atoms with Crippen LogP contribution in [-0.4, -0.2) is 34.8 Å². The van der Waals surface area contributed by atoms with E-state index in [1.165, 1.54) is 11.3 Å². The molecular formula is C20H19N3O3S. The number of likely N-dealkylation sites (tertiary alicyclic amines) is 1. The van der Waals surface area contributed by atoms with E-state index in [2.05, 4.69) is 10.3 Å². The van der Waals surface area contributed by atoms with Gasteiger partial charge >= 0.3 is 0 Å². The predicted octanol–water partition coefficient (Wildman–Crippen LogP) is 4.20. The molecule has 1 N–H and O–H groups in total. The Bertz CT molecular complexity index is 972. The molecule has 4 rings (SSSR count). The number of hydrogen-bond donors (Lipinski definition) is 1. The molecule has 27 heavy (non-hydrogen) atoms. The van der Waals surface area contributed by atoms with Gasteiger partial charge in [0.15, 0.2) is 10.8 Å². The van der Waals surface area contributed by atoms with Gasteiger partial charge in [-0.3, -0.25) is 9.59 Å². The Morgan fingerprint density at radius 2 is 2.00 bits per heavy atom. The summed E-state index contributed by atoms with van der Waals surface area (Å²) in [7, 11) is 0. The highest BCUT2D eigenvalue weighted by molar-refractivity contribution is 7.13. The lowest BCUT2D eigenvalue weighted by molar-refractivity contribution is 0.0791. The van der Waals surface area contributed by atoms with E-state index in [1.807, 2.05) is 17.9 Å². The topological polar surface area (TPSA) is 75.4 Å². The zero-order chi connectivity index (χ0) is 18.8. The van der Waals surface area contributed by atoms with Crippen LogP contribution in [0.2, 0.25) is 0 Å². The molecule has 2 amide bonds. The lowest BCUT2D eigenvalue weighted by Crippen LogP contribution is -2.28. The van der Waals surface area contributed by atoms with Gasteiger partial charge in [-0.2, -0.15) is 0 Å². The minimum Gasteiger partial charge on any atom is -0.462 e. The molecule has 0 spiro atoms. The Balaban J connectivity index is 1.53. The molecule has 2 aromatic heterocycles. The molecule has 0 radical (unpaired) electrons. The first-order chi connectivity index (χ1) is 13.1. The molecule has 0 unspecified atom stereocenters. The van der Waals surface area contributed by atoms with E-state index in [0.29, 0.717) is 27.7 Å². The molecule has 1 saturated heterocycles. The van der Waals surface area contributed by atoms with Crippen molar-refractivity contribution in [2.75, 3.05) is 18.4 Å². The predicted molar refractivity (Wildman–Crippen MR) is 104 cm³/mol. The molecular weight excluding hydrogens is 362 g/mol. The summed E-state index contributed by atoms with van der Waals surface area (Å²) in [5.74, 6) is 0.348. The van der Waals surface area contributed by atoms with Crippen molar-refractivity contribution in [1.29, 1.82) is 0 Å². The molecule has 1 aromatic carbocycles. The van der Waals surface area contributed by atoms with Gasteiger partial charge in [0, 0.05) is 29.7 Å². The van der Waals surface area contributed by atoms with E-state index in [9.17, 15) is 9.59 Å². The van der Waals surface area contributed by atoms with Crippen LogP contribution in [0.1, 0.15) is 39.3 Å². The Labute approximate surface area is 160 Å². The quantitative estimate of drug-likeness (QED) is 0.735. The van der Waals surface area contributed by atoms with Gasteiger partial charge in [0.05, 0.1) is 6.26 Å². The fourth-order valence-electron chi connectivity index (χ4n) is 3.17. The molecule has 1 aliphatic rings. The number of aromatic nitrogens is 1. The monoisotopic (exact) mass is 381 g/mol. The number of furan rings is 1. The van der Waals surface area contributed by atoms with Crippen molar-refractivity contribution < 1.29 is 14.0 Å². The SMILES string of the molecule is Cc1c(NC(=O)c2csc(-c3ccco3)n2)cccc1C(=O)N1CCCC1. The van der Waals surface area contributed by atoms with Gasteiger partial charge in [-0.1, -0.05) is 6.07 Å². The van der Waals surface area contributed by atoms with Crippen LogP contribution < -0.4 is 5.32 Å². The number of carbonyl (C=O) groups is 2. The van der Waals surface area contributed by atoms with Crippen LogP contribution in [0.4, 0.5) is 5.69 Å². The minimum atomic E-state index is -0.307. The van der Waals surface area contributed by atoms with Crippen LogP contribution in [0.3, 0.4) is 0 Å². The van der Waals surface area contributed by atoms with Crippen LogP contribution in [0.15, 0.2) is 46.4 Å². The first-order valence-electron chi connectivity index (χ1n) is 8.83. The van der Waals surface area contributed by atoms with Gasteiger partial charge in [0.2, 0.25) is 0 Å². The highest BCUT2D eigenvalue weighted by Gasteiger charge is 2.22. The lowest BCUT2D eigenvalue weighted by Gasteiger charge is -2.18. The molecule has 0 saturated carbocycles. The number of thiazole rings is 1. The Morgan fingerprint density at radius 1 is 1.19 bits per heavy atom. The van der Waals surface area contributed by atoms with Crippen molar-refractivity contribution in [1.82, 2.24) is 9.88 Å². The number of hydrogen-bond acceptors (Lipinski definition) is 5. The molecule has 1 aliphatic heterocycles. The number of nitrogens with zero attached hydrogens (tertiary/aromatic N) is 2. The van der Waals surface area contributed by atoms with E-state index in [4.69, 9.17) is 4.42 Å². The maximum atomic E-state index is 12.7. The van der Waals surface area contributed by atoms with Crippen molar-refractivity contribution in [3.05, 3.63) is 58.8 Å². The van der Waals surface area contributed by atoms with Crippen LogP contribution in [-0.2, 0) is 0 Å². The zero-order valence-electron chi connectivity index (χ0n) is 14.9. The summed E-state index contributed by atoms with van der Waals surface area (Å²) >= 11 is 1.35. The lowest BCUT2D eigenvalue weighted by atomic mass is 10.1. The van der Waals surface area contributed by atoms with E-state index in [-0.39, 0.29) is 11.8 Å². The van der Waals surface area contributed by atoms with Gasteiger partial charge in [-0.15, -0.1) is 11.3 Å². The number of carbonyl (C=O) groups excluding carboxylic acids is 2. The summed E-state index contributed by atoms with van der Waals surface area (Å²) in [5.41, 5.74) is 2.34.